The van der Waals surface area contributed by atoms with Gasteiger partial charge >= 0.3 is 5.97 Å². The lowest BCUT2D eigenvalue weighted by Gasteiger charge is -2.28. The fourth-order valence-corrected chi connectivity index (χ4v) is 5.18. The molecule has 0 saturated heterocycles. The third-order valence-electron chi connectivity index (χ3n) is 6.44. The minimum atomic E-state index is -3.44. The van der Waals surface area contributed by atoms with Gasteiger partial charge in [-0.3, -0.25) is 9.52 Å². The molecule has 0 aliphatic heterocycles. The normalized spacial score (nSPS) is 11.2. The van der Waals surface area contributed by atoms with Crippen LogP contribution in [0.5, 0.6) is 11.5 Å². The molecule has 0 fully saturated rings. The standard InChI is InChI=1S/C32H34N2O5S/c1-24-30(33-40(2,37)38)14-8-15-31(24)34(23-27-11-6-9-25(21-27)10-7-16-32(35)36)22-26-17-19-29(20-18-26)39-28-12-4-3-5-13-28/h3-6,8-9,11-15,17-21,33H,7,10,16,22-23H2,1-2H3,(H,35,36). The molecular formula is C32H34N2O5S. The number of carboxylic acids is 1. The summed E-state index contributed by atoms with van der Waals surface area (Å²) in [4.78, 5) is 13.1. The summed E-state index contributed by atoms with van der Waals surface area (Å²) in [5, 5.41) is 8.98. The Balaban J connectivity index is 1.60. The first-order valence-electron chi connectivity index (χ1n) is 13.1. The highest BCUT2D eigenvalue weighted by Crippen LogP contribution is 2.31. The fraction of sp³-hybridized carbons (Fsp3) is 0.219. The predicted molar refractivity (Wildman–Crippen MR) is 160 cm³/mol. The fourth-order valence-electron chi connectivity index (χ4n) is 4.56. The van der Waals surface area contributed by atoms with Gasteiger partial charge in [0.25, 0.3) is 0 Å². The second kappa shape index (κ2) is 13.2. The molecule has 7 nitrogen and oxygen atoms in total. The number of hydrogen-bond donors (Lipinski definition) is 2. The van der Waals surface area contributed by atoms with Gasteiger partial charge in [0.2, 0.25) is 10.0 Å². The van der Waals surface area contributed by atoms with Crippen LogP contribution in [0.3, 0.4) is 0 Å². The Labute approximate surface area is 236 Å². The molecule has 0 aliphatic carbocycles. The zero-order valence-electron chi connectivity index (χ0n) is 22.7. The molecular weight excluding hydrogens is 524 g/mol. The molecule has 8 heteroatoms. The van der Waals surface area contributed by atoms with E-state index in [0.717, 1.165) is 45.7 Å². The van der Waals surface area contributed by atoms with Crippen LogP contribution in [-0.2, 0) is 34.3 Å². The van der Waals surface area contributed by atoms with E-state index in [1.807, 2.05) is 85.8 Å². The first-order chi connectivity index (χ1) is 19.2. The minimum Gasteiger partial charge on any atom is -0.481 e. The molecule has 0 saturated carbocycles. The summed E-state index contributed by atoms with van der Waals surface area (Å²) in [6, 6.07) is 31.3. The maximum atomic E-state index is 12.0. The number of ether oxygens (including phenoxy) is 1. The zero-order valence-corrected chi connectivity index (χ0v) is 23.5. The van der Waals surface area contributed by atoms with Crippen LogP contribution >= 0.6 is 0 Å². The van der Waals surface area contributed by atoms with Crippen LogP contribution in [0.1, 0.15) is 35.1 Å². The van der Waals surface area contributed by atoms with Gasteiger partial charge in [0.05, 0.1) is 11.9 Å². The van der Waals surface area contributed by atoms with Gasteiger partial charge in [0.15, 0.2) is 0 Å². The molecule has 4 rings (SSSR count). The summed E-state index contributed by atoms with van der Waals surface area (Å²) in [6.45, 7) is 3.07. The van der Waals surface area contributed by atoms with Gasteiger partial charge < -0.3 is 14.7 Å². The van der Waals surface area contributed by atoms with Crippen molar-refractivity contribution in [3.8, 4) is 11.5 Å². The number of para-hydroxylation sites is 1. The Morgan fingerprint density at radius 3 is 2.17 bits per heavy atom. The summed E-state index contributed by atoms with van der Waals surface area (Å²) in [7, 11) is -3.44. The van der Waals surface area contributed by atoms with Crippen LogP contribution in [0, 0.1) is 6.92 Å². The van der Waals surface area contributed by atoms with Crippen molar-refractivity contribution in [1.29, 1.82) is 0 Å². The van der Waals surface area contributed by atoms with Gasteiger partial charge in [-0.1, -0.05) is 60.7 Å². The lowest BCUT2D eigenvalue weighted by atomic mass is 10.0. The van der Waals surface area contributed by atoms with E-state index >= 15 is 0 Å². The Bertz CT molecular complexity index is 1540. The Morgan fingerprint density at radius 1 is 0.825 bits per heavy atom. The van der Waals surface area contributed by atoms with Gasteiger partial charge in [0.1, 0.15) is 11.5 Å². The van der Waals surface area contributed by atoms with Gasteiger partial charge in [0, 0.05) is 25.2 Å². The first kappa shape index (κ1) is 28.7. The van der Waals surface area contributed by atoms with Crippen molar-refractivity contribution in [2.45, 2.75) is 39.3 Å². The number of benzene rings is 4. The van der Waals surface area contributed by atoms with E-state index in [1.165, 1.54) is 0 Å². The summed E-state index contributed by atoms with van der Waals surface area (Å²) in [5.41, 5.74) is 5.52. The molecule has 0 aromatic heterocycles. The Hall–Kier alpha value is -4.30. The van der Waals surface area contributed by atoms with Crippen molar-refractivity contribution in [3.63, 3.8) is 0 Å². The van der Waals surface area contributed by atoms with E-state index in [1.54, 1.807) is 6.07 Å². The number of carbonyl (C=O) groups is 1. The molecule has 0 aliphatic rings. The van der Waals surface area contributed by atoms with E-state index < -0.39 is 16.0 Å². The largest absolute Gasteiger partial charge is 0.481 e. The second-order valence-corrected chi connectivity index (χ2v) is 11.6. The second-order valence-electron chi connectivity index (χ2n) is 9.81. The molecule has 0 heterocycles. The lowest BCUT2D eigenvalue weighted by molar-refractivity contribution is -0.137. The van der Waals surface area contributed by atoms with Crippen molar-refractivity contribution < 1.29 is 23.1 Å². The number of nitrogens with zero attached hydrogens (tertiary/aromatic N) is 1. The molecule has 0 unspecified atom stereocenters. The van der Waals surface area contributed by atoms with Crippen LogP contribution in [0.4, 0.5) is 11.4 Å². The average Bonchev–Trinajstić information content (AvgIpc) is 2.91. The van der Waals surface area contributed by atoms with Crippen molar-refractivity contribution >= 4 is 27.4 Å². The number of rotatable bonds is 13. The molecule has 40 heavy (non-hydrogen) atoms. The van der Waals surface area contributed by atoms with Crippen LogP contribution in [0.15, 0.2) is 97.1 Å². The van der Waals surface area contributed by atoms with Crippen molar-refractivity contribution in [2.24, 2.45) is 0 Å². The van der Waals surface area contributed by atoms with E-state index in [2.05, 4.69) is 21.8 Å². The number of anilines is 2. The number of aryl methyl sites for hydroxylation is 1. The minimum absolute atomic E-state index is 0.139. The summed E-state index contributed by atoms with van der Waals surface area (Å²) < 4.78 is 32.5. The van der Waals surface area contributed by atoms with E-state index in [0.29, 0.717) is 31.6 Å². The quantitative estimate of drug-likeness (QED) is 0.188. The SMILES string of the molecule is Cc1c(NS(C)(=O)=O)cccc1N(Cc1ccc(Oc2ccccc2)cc1)Cc1cccc(CCCC(=O)O)c1. The molecule has 0 amide bonds. The predicted octanol–water partition coefficient (Wildman–Crippen LogP) is 6.77. The van der Waals surface area contributed by atoms with E-state index in [9.17, 15) is 13.2 Å². The smallest absolute Gasteiger partial charge is 0.303 e. The molecule has 0 radical (unpaired) electrons. The van der Waals surface area contributed by atoms with Gasteiger partial charge in [-0.15, -0.1) is 0 Å². The molecule has 0 atom stereocenters. The Morgan fingerprint density at radius 2 is 1.48 bits per heavy atom. The van der Waals surface area contributed by atoms with Crippen molar-refractivity contribution in [1.82, 2.24) is 0 Å². The number of sulfonamides is 1. The summed E-state index contributed by atoms with van der Waals surface area (Å²) in [6.07, 6.45) is 2.56. The molecule has 208 valence electrons. The number of nitrogens with one attached hydrogen (secondary N) is 1. The third-order valence-corrected chi connectivity index (χ3v) is 7.03. The highest BCUT2D eigenvalue weighted by Gasteiger charge is 2.16. The zero-order chi connectivity index (χ0) is 28.5. The highest BCUT2D eigenvalue weighted by atomic mass is 32.2. The molecule has 0 bridgehead atoms. The molecule has 4 aromatic rings. The van der Waals surface area contributed by atoms with Gasteiger partial charge in [-0.25, -0.2) is 8.42 Å². The number of aliphatic carboxylic acids is 1. The lowest BCUT2D eigenvalue weighted by Crippen LogP contribution is -2.23. The van der Waals surface area contributed by atoms with Crippen LogP contribution in [-0.4, -0.2) is 25.7 Å². The maximum Gasteiger partial charge on any atom is 0.303 e. The van der Waals surface area contributed by atoms with Gasteiger partial charge in [-0.2, -0.15) is 0 Å². The number of carboxylic acid groups (broad SMARTS) is 1. The maximum absolute atomic E-state index is 12.0. The monoisotopic (exact) mass is 558 g/mol. The van der Waals surface area contributed by atoms with Crippen LogP contribution in [0.25, 0.3) is 0 Å². The van der Waals surface area contributed by atoms with E-state index in [4.69, 9.17) is 9.84 Å². The third kappa shape index (κ3) is 8.61. The topological polar surface area (TPSA) is 95.9 Å². The molecule has 4 aromatic carbocycles. The average molecular weight is 559 g/mol. The number of hydrogen-bond acceptors (Lipinski definition) is 5. The molecule has 0 spiro atoms. The first-order valence-corrected chi connectivity index (χ1v) is 15.0. The van der Waals surface area contributed by atoms with Gasteiger partial charge in [-0.05, 0) is 78.4 Å². The van der Waals surface area contributed by atoms with Crippen molar-refractivity contribution in [3.05, 3.63) is 119 Å². The van der Waals surface area contributed by atoms with Crippen LogP contribution in [0.2, 0.25) is 0 Å². The van der Waals surface area contributed by atoms with E-state index in [-0.39, 0.29) is 6.42 Å². The van der Waals surface area contributed by atoms with Crippen molar-refractivity contribution in [2.75, 3.05) is 15.9 Å². The Kier molecular flexibility index (Phi) is 9.45. The summed E-state index contributed by atoms with van der Waals surface area (Å²) >= 11 is 0. The van der Waals surface area contributed by atoms with Crippen LogP contribution < -0.4 is 14.4 Å². The molecule has 2 N–H and O–H groups in total. The highest BCUT2D eigenvalue weighted by molar-refractivity contribution is 7.92. The summed E-state index contributed by atoms with van der Waals surface area (Å²) in [5.74, 6) is 0.720.